The number of hydrogen-bond acceptors (Lipinski definition) is 4. The van der Waals surface area contributed by atoms with Gasteiger partial charge >= 0.3 is 5.97 Å². The Balaban J connectivity index is 2.75. The molecule has 1 aromatic carbocycles. The maximum Gasteiger partial charge on any atom is 0.305 e. The zero-order valence-corrected chi connectivity index (χ0v) is 11.9. The Morgan fingerprint density at radius 2 is 2.00 bits per heavy atom. The van der Waals surface area contributed by atoms with Crippen LogP contribution in [-0.4, -0.2) is 24.3 Å². The van der Waals surface area contributed by atoms with E-state index in [0.717, 1.165) is 11.3 Å². The number of carbonyl (C=O) groups excluding carboxylic acids is 1. The molecule has 1 rings (SSSR count). The molecule has 2 atom stereocenters. The zero-order valence-electron chi connectivity index (χ0n) is 11.9. The van der Waals surface area contributed by atoms with Crippen molar-refractivity contribution in [2.45, 2.75) is 39.4 Å². The quantitative estimate of drug-likeness (QED) is 0.804. The van der Waals surface area contributed by atoms with Gasteiger partial charge in [0.05, 0.1) is 25.7 Å². The Hall–Kier alpha value is -1.55. The number of rotatable bonds is 6. The second kappa shape index (κ2) is 7.14. The maximum atomic E-state index is 11.2. The summed E-state index contributed by atoms with van der Waals surface area (Å²) >= 11 is 0. The summed E-state index contributed by atoms with van der Waals surface area (Å²) in [5.41, 5.74) is 0.745. The van der Waals surface area contributed by atoms with Gasteiger partial charge in [-0.1, -0.05) is 19.1 Å². The number of aliphatic hydroxyl groups is 1. The predicted octanol–water partition coefficient (Wildman–Crippen LogP) is 2.71. The van der Waals surface area contributed by atoms with Crippen LogP contribution in [-0.2, 0) is 9.53 Å². The van der Waals surface area contributed by atoms with Crippen molar-refractivity contribution in [3.05, 3.63) is 29.8 Å². The van der Waals surface area contributed by atoms with Crippen molar-refractivity contribution in [2.24, 2.45) is 5.92 Å². The molecule has 19 heavy (non-hydrogen) atoms. The molecule has 0 fully saturated rings. The van der Waals surface area contributed by atoms with Crippen LogP contribution in [0.3, 0.4) is 0 Å². The van der Waals surface area contributed by atoms with E-state index >= 15 is 0 Å². The molecule has 0 aliphatic rings. The normalized spacial score (nSPS) is 14.0. The average Bonchev–Trinajstić information content (AvgIpc) is 2.37. The lowest BCUT2D eigenvalue weighted by atomic mass is 9.94. The number of aliphatic hydroxyl groups excluding tert-OH is 1. The van der Waals surface area contributed by atoms with E-state index in [1.54, 1.807) is 6.07 Å². The molecule has 1 N–H and O–H groups in total. The molecule has 0 aliphatic heterocycles. The highest BCUT2D eigenvalue weighted by Gasteiger charge is 2.20. The molecule has 0 spiro atoms. The lowest BCUT2D eigenvalue weighted by Crippen LogP contribution is -2.15. The van der Waals surface area contributed by atoms with Crippen molar-refractivity contribution in [3.8, 4) is 5.75 Å². The van der Waals surface area contributed by atoms with Crippen LogP contribution in [0.15, 0.2) is 24.3 Å². The molecular weight excluding hydrogens is 244 g/mol. The van der Waals surface area contributed by atoms with Crippen molar-refractivity contribution in [1.82, 2.24) is 0 Å². The lowest BCUT2D eigenvalue weighted by molar-refractivity contribution is -0.142. The molecule has 0 radical (unpaired) electrons. The molecular formula is C15H22O4. The van der Waals surface area contributed by atoms with Crippen molar-refractivity contribution in [2.75, 3.05) is 7.11 Å². The van der Waals surface area contributed by atoms with Gasteiger partial charge in [-0.05, 0) is 37.5 Å². The van der Waals surface area contributed by atoms with Gasteiger partial charge in [0.25, 0.3) is 0 Å². The summed E-state index contributed by atoms with van der Waals surface area (Å²) in [4.78, 5) is 11.2. The van der Waals surface area contributed by atoms with Gasteiger partial charge in [-0.3, -0.25) is 4.79 Å². The standard InChI is InChI=1S/C15H22O4/c1-10(2)19-13-7-5-6-12(9-13)15(17)11(3)8-14(16)18-4/h5-7,9-11,15,17H,8H2,1-4H3. The highest BCUT2D eigenvalue weighted by Crippen LogP contribution is 2.27. The Labute approximate surface area is 114 Å². The Bertz CT molecular complexity index is 414. The third-order valence-electron chi connectivity index (χ3n) is 2.83. The summed E-state index contributed by atoms with van der Waals surface area (Å²) in [6, 6.07) is 7.31. The van der Waals surface area contributed by atoms with Gasteiger partial charge in [0.1, 0.15) is 5.75 Å². The molecule has 2 unspecified atom stereocenters. The largest absolute Gasteiger partial charge is 0.491 e. The van der Waals surface area contributed by atoms with Gasteiger partial charge in [-0.2, -0.15) is 0 Å². The second-order valence-electron chi connectivity index (χ2n) is 4.94. The fourth-order valence-electron chi connectivity index (χ4n) is 1.83. The van der Waals surface area contributed by atoms with Gasteiger partial charge < -0.3 is 14.6 Å². The third kappa shape index (κ3) is 4.91. The maximum absolute atomic E-state index is 11.2. The van der Waals surface area contributed by atoms with Crippen LogP contribution in [0.1, 0.15) is 38.9 Å². The smallest absolute Gasteiger partial charge is 0.305 e. The number of benzene rings is 1. The third-order valence-corrected chi connectivity index (χ3v) is 2.83. The molecule has 0 aromatic heterocycles. The Kier molecular flexibility index (Phi) is 5.83. The first-order valence-electron chi connectivity index (χ1n) is 6.45. The summed E-state index contributed by atoms with van der Waals surface area (Å²) in [5.74, 6) is 0.194. The van der Waals surface area contributed by atoms with Crippen LogP contribution in [0.4, 0.5) is 0 Å². The summed E-state index contributed by atoms with van der Waals surface area (Å²) in [5, 5.41) is 10.2. The summed E-state index contributed by atoms with van der Waals surface area (Å²) < 4.78 is 10.2. The average molecular weight is 266 g/mol. The van der Waals surface area contributed by atoms with Crippen LogP contribution in [0.5, 0.6) is 5.75 Å². The van der Waals surface area contributed by atoms with Crippen LogP contribution in [0.2, 0.25) is 0 Å². The van der Waals surface area contributed by atoms with Crippen molar-refractivity contribution in [1.29, 1.82) is 0 Å². The van der Waals surface area contributed by atoms with Crippen LogP contribution in [0, 0.1) is 5.92 Å². The molecule has 0 bridgehead atoms. The van der Waals surface area contributed by atoms with Crippen molar-refractivity contribution in [3.63, 3.8) is 0 Å². The van der Waals surface area contributed by atoms with Crippen LogP contribution in [0.25, 0.3) is 0 Å². The first-order chi connectivity index (χ1) is 8.93. The van der Waals surface area contributed by atoms with E-state index < -0.39 is 6.10 Å². The summed E-state index contributed by atoms with van der Waals surface area (Å²) in [6.45, 7) is 5.71. The van der Waals surface area contributed by atoms with Gasteiger partial charge in [0.15, 0.2) is 0 Å². The van der Waals surface area contributed by atoms with Crippen LogP contribution < -0.4 is 4.74 Å². The molecule has 0 aliphatic carbocycles. The topological polar surface area (TPSA) is 55.8 Å². The van der Waals surface area contributed by atoms with E-state index in [0.29, 0.717) is 0 Å². The van der Waals surface area contributed by atoms with Crippen molar-refractivity contribution >= 4 is 5.97 Å². The van der Waals surface area contributed by atoms with E-state index in [1.807, 2.05) is 39.0 Å². The number of hydrogen-bond donors (Lipinski definition) is 1. The predicted molar refractivity (Wildman–Crippen MR) is 73.0 cm³/mol. The molecule has 0 amide bonds. The minimum Gasteiger partial charge on any atom is -0.491 e. The highest BCUT2D eigenvalue weighted by atomic mass is 16.5. The van der Waals surface area contributed by atoms with Gasteiger partial charge in [0.2, 0.25) is 0 Å². The minimum atomic E-state index is -0.713. The molecule has 4 nitrogen and oxygen atoms in total. The molecule has 0 saturated carbocycles. The first-order valence-corrected chi connectivity index (χ1v) is 6.45. The number of esters is 1. The van der Waals surface area contributed by atoms with Gasteiger partial charge in [0, 0.05) is 0 Å². The monoisotopic (exact) mass is 266 g/mol. The molecule has 0 heterocycles. The Morgan fingerprint density at radius 3 is 2.58 bits per heavy atom. The highest BCUT2D eigenvalue weighted by molar-refractivity contribution is 5.69. The first kappa shape index (κ1) is 15.5. The van der Waals surface area contributed by atoms with Crippen LogP contribution >= 0.6 is 0 Å². The van der Waals surface area contributed by atoms with E-state index in [1.165, 1.54) is 7.11 Å². The van der Waals surface area contributed by atoms with Gasteiger partial charge in [-0.25, -0.2) is 0 Å². The molecule has 1 aromatic rings. The van der Waals surface area contributed by atoms with E-state index in [4.69, 9.17) is 4.74 Å². The number of ether oxygens (including phenoxy) is 2. The summed E-state index contributed by atoms with van der Waals surface area (Å²) in [6.07, 6.45) is -0.442. The second-order valence-corrected chi connectivity index (χ2v) is 4.94. The molecule has 0 saturated heterocycles. The zero-order chi connectivity index (χ0) is 14.4. The molecule has 106 valence electrons. The van der Waals surface area contributed by atoms with E-state index in [-0.39, 0.29) is 24.4 Å². The van der Waals surface area contributed by atoms with E-state index in [2.05, 4.69) is 4.74 Å². The fraction of sp³-hybridized carbons (Fsp3) is 0.533. The SMILES string of the molecule is COC(=O)CC(C)C(O)c1cccc(OC(C)C)c1. The fourth-order valence-corrected chi connectivity index (χ4v) is 1.83. The van der Waals surface area contributed by atoms with Crippen molar-refractivity contribution < 1.29 is 19.4 Å². The number of carbonyl (C=O) groups is 1. The Morgan fingerprint density at radius 1 is 1.32 bits per heavy atom. The van der Waals surface area contributed by atoms with E-state index in [9.17, 15) is 9.90 Å². The lowest BCUT2D eigenvalue weighted by Gasteiger charge is -2.19. The molecule has 4 heteroatoms. The minimum absolute atomic E-state index is 0.0832. The number of methoxy groups -OCH3 is 1. The van der Waals surface area contributed by atoms with Gasteiger partial charge in [-0.15, -0.1) is 0 Å². The summed E-state index contributed by atoms with van der Waals surface area (Å²) in [7, 11) is 1.35.